The number of benzene rings is 2. The minimum atomic E-state index is -0.163. The lowest BCUT2D eigenvalue weighted by Gasteiger charge is -2.27. The standard InChI is InChI=1S/C24H24N4O4S/c1-16-23-24(28(26-16)18-5-3-2-4-6-18)33-12-11-27(23)22(30)10-9-21(29)25-14-17-7-8-19-20(13-17)32-15-31-19/h2-8,13H,9-12,14-15H2,1H3,(H,25,29). The molecule has 0 radical (unpaired) electrons. The van der Waals surface area contributed by atoms with Crippen molar-refractivity contribution in [2.24, 2.45) is 0 Å². The van der Waals surface area contributed by atoms with E-state index in [-0.39, 0.29) is 31.4 Å². The van der Waals surface area contributed by atoms with E-state index >= 15 is 0 Å². The minimum Gasteiger partial charge on any atom is -0.454 e. The largest absolute Gasteiger partial charge is 0.454 e. The van der Waals surface area contributed by atoms with Crippen LogP contribution in [-0.4, -0.2) is 40.7 Å². The number of aryl methyl sites for hydroxylation is 1. The van der Waals surface area contributed by atoms with Crippen LogP contribution in [0.3, 0.4) is 0 Å². The van der Waals surface area contributed by atoms with Gasteiger partial charge in [-0.25, -0.2) is 4.68 Å². The molecule has 2 amide bonds. The van der Waals surface area contributed by atoms with Gasteiger partial charge in [-0.2, -0.15) is 5.10 Å². The number of thioether (sulfide) groups is 1. The number of nitrogens with zero attached hydrogens (tertiary/aromatic N) is 3. The number of carbonyl (C=O) groups excluding carboxylic acids is 2. The van der Waals surface area contributed by atoms with Crippen LogP contribution in [-0.2, 0) is 16.1 Å². The zero-order valence-electron chi connectivity index (χ0n) is 18.2. The highest BCUT2D eigenvalue weighted by Crippen LogP contribution is 2.39. The van der Waals surface area contributed by atoms with Crippen LogP contribution in [0, 0.1) is 6.92 Å². The molecule has 3 heterocycles. The molecule has 0 spiro atoms. The van der Waals surface area contributed by atoms with Crippen LogP contribution >= 0.6 is 11.8 Å². The van der Waals surface area contributed by atoms with Crippen molar-refractivity contribution < 1.29 is 19.1 Å². The molecule has 2 aliphatic heterocycles. The number of hydrogen-bond donors (Lipinski definition) is 1. The highest BCUT2D eigenvalue weighted by molar-refractivity contribution is 7.99. The van der Waals surface area contributed by atoms with Crippen LogP contribution in [0.25, 0.3) is 5.69 Å². The van der Waals surface area contributed by atoms with Crippen molar-refractivity contribution in [3.05, 3.63) is 59.8 Å². The number of rotatable bonds is 6. The number of aromatic nitrogens is 2. The molecule has 33 heavy (non-hydrogen) atoms. The zero-order chi connectivity index (χ0) is 22.8. The Kier molecular flexibility index (Phi) is 5.95. The molecular weight excluding hydrogens is 440 g/mol. The first-order valence-electron chi connectivity index (χ1n) is 10.8. The van der Waals surface area contributed by atoms with Gasteiger partial charge < -0.3 is 19.7 Å². The molecule has 170 valence electrons. The van der Waals surface area contributed by atoms with E-state index in [9.17, 15) is 9.59 Å². The van der Waals surface area contributed by atoms with E-state index in [4.69, 9.17) is 9.47 Å². The van der Waals surface area contributed by atoms with Gasteiger partial charge in [0, 0.05) is 31.7 Å². The number of hydrogen-bond acceptors (Lipinski definition) is 6. The summed E-state index contributed by atoms with van der Waals surface area (Å²) in [5, 5.41) is 8.52. The van der Waals surface area contributed by atoms with Gasteiger partial charge in [-0.1, -0.05) is 24.3 Å². The molecule has 0 atom stereocenters. The van der Waals surface area contributed by atoms with Gasteiger partial charge in [0.05, 0.1) is 17.1 Å². The van der Waals surface area contributed by atoms with E-state index in [0.29, 0.717) is 24.6 Å². The fraction of sp³-hybridized carbons (Fsp3) is 0.292. The van der Waals surface area contributed by atoms with E-state index in [1.807, 2.05) is 60.1 Å². The van der Waals surface area contributed by atoms with Crippen molar-refractivity contribution in [1.82, 2.24) is 15.1 Å². The van der Waals surface area contributed by atoms with E-state index in [2.05, 4.69) is 10.4 Å². The van der Waals surface area contributed by atoms with Gasteiger partial charge in [0.1, 0.15) is 5.03 Å². The lowest BCUT2D eigenvalue weighted by Crippen LogP contribution is -2.36. The van der Waals surface area contributed by atoms with Crippen LogP contribution < -0.4 is 19.7 Å². The molecule has 3 aromatic rings. The van der Waals surface area contributed by atoms with Crippen molar-refractivity contribution in [1.29, 1.82) is 0 Å². The van der Waals surface area contributed by atoms with E-state index in [1.165, 1.54) is 0 Å². The lowest BCUT2D eigenvalue weighted by atomic mass is 10.2. The number of anilines is 1. The molecule has 0 saturated carbocycles. The van der Waals surface area contributed by atoms with Crippen molar-refractivity contribution in [3.8, 4) is 17.2 Å². The van der Waals surface area contributed by atoms with Gasteiger partial charge >= 0.3 is 0 Å². The Morgan fingerprint density at radius 1 is 1.09 bits per heavy atom. The summed E-state index contributed by atoms with van der Waals surface area (Å²) in [5.41, 5.74) is 3.54. The Hall–Kier alpha value is -3.46. The summed E-state index contributed by atoms with van der Waals surface area (Å²) in [5.74, 6) is 1.95. The van der Waals surface area contributed by atoms with Crippen LogP contribution in [0.1, 0.15) is 24.1 Å². The lowest BCUT2D eigenvalue weighted by molar-refractivity contribution is -0.125. The monoisotopic (exact) mass is 464 g/mol. The maximum atomic E-state index is 13.0. The predicted molar refractivity (Wildman–Crippen MR) is 125 cm³/mol. The topological polar surface area (TPSA) is 85.7 Å². The van der Waals surface area contributed by atoms with Gasteiger partial charge in [0.25, 0.3) is 0 Å². The summed E-state index contributed by atoms with van der Waals surface area (Å²) >= 11 is 1.70. The molecule has 0 fully saturated rings. The normalized spacial score (nSPS) is 14.2. The Balaban J connectivity index is 1.20. The highest BCUT2D eigenvalue weighted by Gasteiger charge is 2.30. The smallest absolute Gasteiger partial charge is 0.231 e. The molecule has 0 aliphatic carbocycles. The van der Waals surface area contributed by atoms with Gasteiger partial charge in [0.15, 0.2) is 11.5 Å². The van der Waals surface area contributed by atoms with Crippen LogP contribution in [0.2, 0.25) is 0 Å². The van der Waals surface area contributed by atoms with Crippen molar-refractivity contribution in [3.63, 3.8) is 0 Å². The summed E-state index contributed by atoms with van der Waals surface area (Å²) < 4.78 is 12.6. The summed E-state index contributed by atoms with van der Waals surface area (Å²) in [6.07, 6.45) is 0.279. The zero-order valence-corrected chi connectivity index (χ0v) is 19.1. The molecule has 2 aliphatic rings. The van der Waals surface area contributed by atoms with E-state index in [1.54, 1.807) is 16.7 Å². The van der Waals surface area contributed by atoms with Crippen molar-refractivity contribution in [2.45, 2.75) is 31.3 Å². The first-order valence-corrected chi connectivity index (χ1v) is 11.8. The number of fused-ring (bicyclic) bond motifs is 2. The number of carbonyl (C=O) groups is 2. The molecule has 8 nitrogen and oxygen atoms in total. The van der Waals surface area contributed by atoms with E-state index < -0.39 is 0 Å². The Labute approximate surface area is 195 Å². The second-order valence-electron chi connectivity index (χ2n) is 7.84. The van der Waals surface area contributed by atoms with Crippen LogP contribution in [0.4, 0.5) is 5.69 Å². The number of para-hydroxylation sites is 1. The fourth-order valence-electron chi connectivity index (χ4n) is 3.97. The fourth-order valence-corrected chi connectivity index (χ4v) is 5.10. The summed E-state index contributed by atoms with van der Waals surface area (Å²) in [4.78, 5) is 27.2. The maximum absolute atomic E-state index is 13.0. The molecule has 0 unspecified atom stereocenters. The first-order chi connectivity index (χ1) is 16.1. The third-order valence-corrected chi connectivity index (χ3v) is 6.63. The van der Waals surface area contributed by atoms with Gasteiger partial charge in [-0.15, -0.1) is 11.8 Å². The predicted octanol–water partition coefficient (Wildman–Crippen LogP) is 3.44. The van der Waals surface area contributed by atoms with Gasteiger partial charge in [0.2, 0.25) is 18.6 Å². The Bertz CT molecular complexity index is 1190. The van der Waals surface area contributed by atoms with E-state index in [0.717, 1.165) is 33.4 Å². The Morgan fingerprint density at radius 2 is 1.91 bits per heavy atom. The minimum absolute atomic E-state index is 0.0644. The third-order valence-electron chi connectivity index (χ3n) is 5.61. The quantitative estimate of drug-likeness (QED) is 0.602. The molecule has 1 N–H and O–H groups in total. The third kappa shape index (κ3) is 4.41. The molecule has 0 saturated heterocycles. The SMILES string of the molecule is Cc1nn(-c2ccccc2)c2c1N(C(=O)CCC(=O)NCc1ccc3c(c1)OCO3)CCS2. The summed E-state index contributed by atoms with van der Waals surface area (Å²) in [6, 6.07) is 15.5. The molecule has 5 rings (SSSR count). The van der Waals surface area contributed by atoms with Crippen LogP contribution in [0.5, 0.6) is 11.5 Å². The maximum Gasteiger partial charge on any atom is 0.231 e. The molecular formula is C24H24N4O4S. The average molecular weight is 465 g/mol. The Morgan fingerprint density at radius 3 is 2.76 bits per heavy atom. The van der Waals surface area contributed by atoms with Crippen molar-refractivity contribution in [2.75, 3.05) is 24.0 Å². The first kappa shape index (κ1) is 21.4. The number of nitrogens with one attached hydrogen (secondary N) is 1. The number of amides is 2. The van der Waals surface area contributed by atoms with Crippen molar-refractivity contribution >= 4 is 29.3 Å². The highest BCUT2D eigenvalue weighted by atomic mass is 32.2. The van der Waals surface area contributed by atoms with Crippen LogP contribution in [0.15, 0.2) is 53.6 Å². The second kappa shape index (κ2) is 9.19. The summed E-state index contributed by atoms with van der Waals surface area (Å²) in [7, 11) is 0. The van der Waals surface area contributed by atoms with Gasteiger partial charge in [-0.3, -0.25) is 9.59 Å². The average Bonchev–Trinajstić information content (AvgIpc) is 3.45. The van der Waals surface area contributed by atoms with Gasteiger partial charge in [-0.05, 0) is 36.8 Å². The second-order valence-corrected chi connectivity index (χ2v) is 8.93. The number of ether oxygens (including phenoxy) is 2. The summed E-state index contributed by atoms with van der Waals surface area (Å²) in [6.45, 7) is 3.12. The molecule has 2 aromatic carbocycles. The molecule has 0 bridgehead atoms. The molecule has 9 heteroatoms. The molecule has 1 aromatic heterocycles.